The van der Waals surface area contributed by atoms with Gasteiger partial charge in [0.05, 0.1) is 0 Å². The first kappa shape index (κ1) is 13.3. The molecule has 3 nitrogen and oxygen atoms in total. The number of aryl methyl sites for hydroxylation is 1. The second-order valence-electron chi connectivity index (χ2n) is 4.39. The van der Waals surface area contributed by atoms with E-state index in [1.165, 1.54) is 0 Å². The van der Waals surface area contributed by atoms with Crippen molar-refractivity contribution in [3.63, 3.8) is 0 Å². The van der Waals surface area contributed by atoms with Crippen molar-refractivity contribution >= 4 is 5.78 Å². The molecular weight excluding hydrogens is 238 g/mol. The molecular formula is C16H17NO2. The Labute approximate surface area is 113 Å². The van der Waals surface area contributed by atoms with E-state index in [2.05, 4.69) is 4.98 Å². The Kier molecular flexibility index (Phi) is 4.29. The predicted octanol–water partition coefficient (Wildman–Crippen LogP) is 3.56. The van der Waals surface area contributed by atoms with Gasteiger partial charge in [0.1, 0.15) is 6.61 Å². The summed E-state index contributed by atoms with van der Waals surface area (Å²) in [5.41, 5.74) is 2.68. The molecule has 0 amide bonds. The van der Waals surface area contributed by atoms with E-state index in [1.54, 1.807) is 6.20 Å². The van der Waals surface area contributed by atoms with Gasteiger partial charge in [-0.3, -0.25) is 4.79 Å². The van der Waals surface area contributed by atoms with Crippen molar-refractivity contribution in [3.8, 4) is 5.88 Å². The summed E-state index contributed by atoms with van der Waals surface area (Å²) >= 11 is 0. The Balaban J connectivity index is 2.06. The van der Waals surface area contributed by atoms with Gasteiger partial charge in [0, 0.05) is 24.2 Å². The highest BCUT2D eigenvalue weighted by Gasteiger charge is 2.08. The number of hydrogen-bond acceptors (Lipinski definition) is 3. The van der Waals surface area contributed by atoms with Crippen LogP contribution in [-0.2, 0) is 6.61 Å². The van der Waals surface area contributed by atoms with Gasteiger partial charge >= 0.3 is 0 Å². The number of pyridine rings is 1. The number of ether oxygens (including phenoxy) is 1. The molecule has 0 aliphatic rings. The van der Waals surface area contributed by atoms with Crippen LogP contribution >= 0.6 is 0 Å². The highest BCUT2D eigenvalue weighted by molar-refractivity contribution is 5.96. The molecule has 0 aliphatic carbocycles. The van der Waals surface area contributed by atoms with Gasteiger partial charge in [-0.25, -0.2) is 4.98 Å². The smallest absolute Gasteiger partial charge is 0.213 e. The summed E-state index contributed by atoms with van der Waals surface area (Å²) in [6, 6.07) is 11.7. The largest absolute Gasteiger partial charge is 0.473 e. The molecule has 0 fully saturated rings. The second kappa shape index (κ2) is 6.14. The van der Waals surface area contributed by atoms with Crippen molar-refractivity contribution in [2.45, 2.75) is 26.9 Å². The minimum absolute atomic E-state index is 0.111. The van der Waals surface area contributed by atoms with Crippen molar-refractivity contribution in [2.75, 3.05) is 0 Å². The van der Waals surface area contributed by atoms with Gasteiger partial charge in [-0.05, 0) is 18.1 Å². The van der Waals surface area contributed by atoms with E-state index in [0.29, 0.717) is 24.5 Å². The summed E-state index contributed by atoms with van der Waals surface area (Å²) in [6.07, 6.45) is 2.09. The van der Waals surface area contributed by atoms with Crippen LogP contribution in [0.5, 0.6) is 5.88 Å². The minimum atomic E-state index is 0.111. The number of hydrogen-bond donors (Lipinski definition) is 0. The van der Waals surface area contributed by atoms with Crippen molar-refractivity contribution < 1.29 is 9.53 Å². The van der Waals surface area contributed by atoms with Gasteiger partial charge < -0.3 is 4.74 Å². The van der Waals surface area contributed by atoms with E-state index in [0.717, 1.165) is 11.1 Å². The highest BCUT2D eigenvalue weighted by atomic mass is 16.5. The van der Waals surface area contributed by atoms with Gasteiger partial charge in [-0.2, -0.15) is 0 Å². The van der Waals surface area contributed by atoms with E-state index >= 15 is 0 Å². The summed E-state index contributed by atoms with van der Waals surface area (Å²) < 4.78 is 5.62. The molecule has 1 aromatic heterocycles. The first-order chi connectivity index (χ1) is 9.20. The standard InChI is InChI=1S/C16H17NO2/c1-3-15(18)14-10-17-16(9-12(14)2)19-11-13-7-5-4-6-8-13/h4-10H,3,11H2,1-2H3. The van der Waals surface area contributed by atoms with Gasteiger partial charge in [0.2, 0.25) is 5.88 Å². The van der Waals surface area contributed by atoms with Gasteiger partial charge in [0.15, 0.2) is 5.78 Å². The van der Waals surface area contributed by atoms with Crippen LogP contribution in [0.4, 0.5) is 0 Å². The Morgan fingerprint density at radius 1 is 1.26 bits per heavy atom. The maximum atomic E-state index is 11.6. The molecule has 1 aromatic carbocycles. The summed E-state index contributed by atoms with van der Waals surface area (Å²) in [7, 11) is 0. The number of carbonyl (C=O) groups excluding carboxylic acids is 1. The Morgan fingerprint density at radius 3 is 2.63 bits per heavy atom. The second-order valence-corrected chi connectivity index (χ2v) is 4.39. The number of nitrogens with zero attached hydrogens (tertiary/aromatic N) is 1. The lowest BCUT2D eigenvalue weighted by Crippen LogP contribution is -2.03. The Hall–Kier alpha value is -2.16. The average Bonchev–Trinajstić information content (AvgIpc) is 2.45. The van der Waals surface area contributed by atoms with Crippen molar-refractivity contribution in [2.24, 2.45) is 0 Å². The van der Waals surface area contributed by atoms with E-state index in [4.69, 9.17) is 4.74 Å². The number of rotatable bonds is 5. The fourth-order valence-electron chi connectivity index (χ4n) is 1.82. The number of aromatic nitrogens is 1. The Bertz CT molecular complexity index is 564. The first-order valence-corrected chi connectivity index (χ1v) is 6.37. The van der Waals surface area contributed by atoms with Gasteiger partial charge in [-0.15, -0.1) is 0 Å². The van der Waals surface area contributed by atoms with E-state index in [9.17, 15) is 4.79 Å². The van der Waals surface area contributed by atoms with Crippen molar-refractivity contribution in [1.29, 1.82) is 0 Å². The molecule has 98 valence electrons. The van der Waals surface area contributed by atoms with E-state index in [-0.39, 0.29) is 5.78 Å². The van der Waals surface area contributed by atoms with Crippen LogP contribution in [0.2, 0.25) is 0 Å². The van der Waals surface area contributed by atoms with Crippen LogP contribution in [0.15, 0.2) is 42.6 Å². The lowest BCUT2D eigenvalue weighted by atomic mass is 10.1. The lowest BCUT2D eigenvalue weighted by molar-refractivity contribution is 0.0987. The summed E-state index contributed by atoms with van der Waals surface area (Å²) in [5, 5.41) is 0. The molecule has 0 saturated carbocycles. The molecule has 0 aliphatic heterocycles. The third-order valence-corrected chi connectivity index (χ3v) is 2.94. The number of carbonyl (C=O) groups is 1. The van der Waals surface area contributed by atoms with Gasteiger partial charge in [0.25, 0.3) is 0 Å². The topological polar surface area (TPSA) is 39.2 Å². The van der Waals surface area contributed by atoms with Crippen LogP contribution in [0.25, 0.3) is 0 Å². The van der Waals surface area contributed by atoms with Gasteiger partial charge in [-0.1, -0.05) is 37.3 Å². The number of ketones is 1. The molecule has 2 aromatic rings. The molecule has 0 radical (unpaired) electrons. The van der Waals surface area contributed by atoms with Crippen LogP contribution in [0, 0.1) is 6.92 Å². The normalized spacial score (nSPS) is 10.2. The van der Waals surface area contributed by atoms with Crippen LogP contribution in [0.3, 0.4) is 0 Å². The lowest BCUT2D eigenvalue weighted by Gasteiger charge is -2.08. The summed E-state index contributed by atoms with van der Waals surface area (Å²) in [6.45, 7) is 4.23. The number of Topliss-reactive ketones (excluding diaryl/α,β-unsaturated/α-hetero) is 1. The molecule has 0 N–H and O–H groups in total. The number of benzene rings is 1. The monoisotopic (exact) mass is 255 g/mol. The molecule has 0 unspecified atom stereocenters. The fraction of sp³-hybridized carbons (Fsp3) is 0.250. The average molecular weight is 255 g/mol. The quantitative estimate of drug-likeness (QED) is 0.767. The first-order valence-electron chi connectivity index (χ1n) is 6.37. The molecule has 2 rings (SSSR count). The molecule has 19 heavy (non-hydrogen) atoms. The third-order valence-electron chi connectivity index (χ3n) is 2.94. The molecule has 0 spiro atoms. The zero-order chi connectivity index (χ0) is 13.7. The predicted molar refractivity (Wildman–Crippen MR) is 74.4 cm³/mol. The van der Waals surface area contributed by atoms with Crippen molar-refractivity contribution in [3.05, 3.63) is 59.3 Å². The molecule has 1 heterocycles. The van der Waals surface area contributed by atoms with E-state index < -0.39 is 0 Å². The zero-order valence-electron chi connectivity index (χ0n) is 11.2. The highest BCUT2D eigenvalue weighted by Crippen LogP contribution is 2.16. The maximum Gasteiger partial charge on any atom is 0.213 e. The van der Waals surface area contributed by atoms with Crippen LogP contribution in [-0.4, -0.2) is 10.8 Å². The van der Waals surface area contributed by atoms with Crippen LogP contribution < -0.4 is 4.74 Å². The fourth-order valence-corrected chi connectivity index (χ4v) is 1.82. The molecule has 3 heteroatoms. The SMILES string of the molecule is CCC(=O)c1cnc(OCc2ccccc2)cc1C. The van der Waals surface area contributed by atoms with Crippen LogP contribution in [0.1, 0.15) is 34.8 Å². The Morgan fingerprint density at radius 2 is 2.00 bits per heavy atom. The summed E-state index contributed by atoms with van der Waals surface area (Å²) in [5.74, 6) is 0.661. The van der Waals surface area contributed by atoms with E-state index in [1.807, 2.05) is 50.2 Å². The van der Waals surface area contributed by atoms with Crippen molar-refractivity contribution in [1.82, 2.24) is 4.98 Å². The minimum Gasteiger partial charge on any atom is -0.473 e. The third kappa shape index (κ3) is 3.41. The summed E-state index contributed by atoms with van der Waals surface area (Å²) in [4.78, 5) is 15.8. The molecule has 0 saturated heterocycles. The molecule has 0 bridgehead atoms. The maximum absolute atomic E-state index is 11.6. The molecule has 0 atom stereocenters. The zero-order valence-corrected chi connectivity index (χ0v) is 11.2.